The minimum Gasteiger partial charge on any atom is -0.484 e. The van der Waals surface area contributed by atoms with Crippen LogP contribution in [0.3, 0.4) is 0 Å². The second-order valence-corrected chi connectivity index (χ2v) is 7.19. The molecule has 3 N–H and O–H groups in total. The number of nitrogens with zero attached hydrogens (tertiary/aromatic N) is 1. The van der Waals surface area contributed by atoms with Gasteiger partial charge < -0.3 is 20.7 Å². The summed E-state index contributed by atoms with van der Waals surface area (Å²) in [5.74, 6) is 2.57. The smallest absolute Gasteiger partial charge is 0.258 e. The number of ether oxygens (including phenoxy) is 1. The van der Waals surface area contributed by atoms with Crippen molar-refractivity contribution in [3.8, 4) is 5.75 Å². The van der Waals surface area contributed by atoms with E-state index in [2.05, 4.69) is 34.1 Å². The normalized spacial score (nSPS) is 14.0. The summed E-state index contributed by atoms with van der Waals surface area (Å²) in [7, 11) is 0. The molecule has 0 atom stereocenters. The van der Waals surface area contributed by atoms with Gasteiger partial charge in [0.1, 0.15) is 5.75 Å². The van der Waals surface area contributed by atoms with Crippen molar-refractivity contribution in [2.75, 3.05) is 38.2 Å². The Kier molecular flexibility index (Phi) is 9.17. The highest BCUT2D eigenvalue weighted by molar-refractivity contribution is 7.98. The van der Waals surface area contributed by atoms with Gasteiger partial charge in [0.25, 0.3) is 5.91 Å². The van der Waals surface area contributed by atoms with Crippen LogP contribution in [-0.2, 0) is 11.2 Å². The summed E-state index contributed by atoms with van der Waals surface area (Å²) in [6.45, 7) is 4.63. The van der Waals surface area contributed by atoms with Crippen molar-refractivity contribution in [2.24, 2.45) is 4.99 Å². The summed E-state index contributed by atoms with van der Waals surface area (Å²) in [4.78, 5) is 16.2. The SMILES string of the molecule is CCNC(=NCCSC)NCCc1ccc(OCC(=O)NC2CC2)cc1. The zero-order chi connectivity index (χ0) is 18.6. The molecule has 1 aromatic rings. The first-order chi connectivity index (χ1) is 12.7. The van der Waals surface area contributed by atoms with Crippen LogP contribution in [0.25, 0.3) is 0 Å². The zero-order valence-corrected chi connectivity index (χ0v) is 16.5. The number of carbonyl (C=O) groups is 1. The number of hydrogen-bond acceptors (Lipinski definition) is 4. The molecule has 144 valence electrons. The first-order valence-electron chi connectivity index (χ1n) is 9.23. The largest absolute Gasteiger partial charge is 0.484 e. The topological polar surface area (TPSA) is 74.8 Å². The Bertz CT molecular complexity index is 573. The Labute approximate surface area is 160 Å². The molecule has 1 saturated carbocycles. The molecular weight excluding hydrogens is 348 g/mol. The van der Waals surface area contributed by atoms with Gasteiger partial charge in [-0.1, -0.05) is 12.1 Å². The summed E-state index contributed by atoms with van der Waals surface area (Å²) >= 11 is 1.80. The van der Waals surface area contributed by atoms with Crippen LogP contribution < -0.4 is 20.7 Å². The van der Waals surface area contributed by atoms with E-state index in [0.717, 1.165) is 56.4 Å². The molecular formula is C19H30N4O2S. The van der Waals surface area contributed by atoms with E-state index in [1.165, 1.54) is 5.56 Å². The van der Waals surface area contributed by atoms with Crippen molar-refractivity contribution in [3.63, 3.8) is 0 Å². The molecule has 0 unspecified atom stereocenters. The summed E-state index contributed by atoms with van der Waals surface area (Å²) < 4.78 is 5.52. The molecule has 1 amide bonds. The Hall–Kier alpha value is -1.89. The van der Waals surface area contributed by atoms with Crippen LogP contribution in [0.2, 0.25) is 0 Å². The second kappa shape index (κ2) is 11.7. The highest BCUT2D eigenvalue weighted by Crippen LogP contribution is 2.18. The molecule has 1 aromatic carbocycles. The number of amides is 1. The maximum absolute atomic E-state index is 11.6. The van der Waals surface area contributed by atoms with Crippen LogP contribution in [0, 0.1) is 0 Å². The van der Waals surface area contributed by atoms with Crippen molar-refractivity contribution in [1.29, 1.82) is 0 Å². The molecule has 0 bridgehead atoms. The van der Waals surface area contributed by atoms with Crippen LogP contribution in [0.5, 0.6) is 5.75 Å². The first-order valence-corrected chi connectivity index (χ1v) is 10.6. The highest BCUT2D eigenvalue weighted by Gasteiger charge is 2.23. The molecule has 26 heavy (non-hydrogen) atoms. The number of thioether (sulfide) groups is 1. The van der Waals surface area contributed by atoms with E-state index in [-0.39, 0.29) is 12.5 Å². The fraction of sp³-hybridized carbons (Fsp3) is 0.579. The molecule has 0 spiro atoms. The van der Waals surface area contributed by atoms with E-state index < -0.39 is 0 Å². The fourth-order valence-corrected chi connectivity index (χ4v) is 2.59. The quantitative estimate of drug-likeness (QED) is 0.311. The number of hydrogen-bond donors (Lipinski definition) is 3. The summed E-state index contributed by atoms with van der Waals surface area (Å²) in [5.41, 5.74) is 1.22. The lowest BCUT2D eigenvalue weighted by molar-refractivity contribution is -0.123. The highest BCUT2D eigenvalue weighted by atomic mass is 32.2. The molecule has 0 aromatic heterocycles. The summed E-state index contributed by atoms with van der Waals surface area (Å²) in [5, 5.41) is 9.52. The van der Waals surface area contributed by atoms with Gasteiger partial charge in [0, 0.05) is 24.9 Å². The van der Waals surface area contributed by atoms with Crippen molar-refractivity contribution < 1.29 is 9.53 Å². The Morgan fingerprint density at radius 2 is 2.04 bits per heavy atom. The molecule has 7 heteroatoms. The third-order valence-electron chi connectivity index (χ3n) is 3.85. The predicted molar refractivity (Wildman–Crippen MR) is 109 cm³/mol. The number of rotatable bonds is 11. The van der Waals surface area contributed by atoms with Crippen LogP contribution in [0.4, 0.5) is 0 Å². The number of carbonyl (C=O) groups excluding carboxylic acids is 1. The Balaban J connectivity index is 1.68. The van der Waals surface area contributed by atoms with Gasteiger partial charge >= 0.3 is 0 Å². The number of nitrogens with one attached hydrogen (secondary N) is 3. The molecule has 2 rings (SSSR count). The van der Waals surface area contributed by atoms with E-state index in [0.29, 0.717) is 6.04 Å². The molecule has 1 fully saturated rings. The minimum absolute atomic E-state index is 0.0440. The van der Waals surface area contributed by atoms with Gasteiger partial charge in [-0.15, -0.1) is 0 Å². The third-order valence-corrected chi connectivity index (χ3v) is 4.44. The number of guanidine groups is 1. The van der Waals surface area contributed by atoms with Crippen molar-refractivity contribution in [1.82, 2.24) is 16.0 Å². The van der Waals surface area contributed by atoms with Gasteiger partial charge in [0.15, 0.2) is 12.6 Å². The minimum atomic E-state index is -0.0440. The van der Waals surface area contributed by atoms with E-state index >= 15 is 0 Å². The molecule has 6 nitrogen and oxygen atoms in total. The second-order valence-electron chi connectivity index (χ2n) is 6.20. The number of benzene rings is 1. The third kappa shape index (κ3) is 8.47. The zero-order valence-electron chi connectivity index (χ0n) is 15.7. The molecule has 0 saturated heterocycles. The van der Waals surface area contributed by atoms with E-state index in [4.69, 9.17) is 4.74 Å². The molecule has 0 heterocycles. The van der Waals surface area contributed by atoms with Crippen LogP contribution in [-0.4, -0.2) is 56.2 Å². The van der Waals surface area contributed by atoms with Crippen molar-refractivity contribution >= 4 is 23.6 Å². The lowest BCUT2D eigenvalue weighted by Crippen LogP contribution is -2.38. The van der Waals surface area contributed by atoms with Gasteiger partial charge in [-0.3, -0.25) is 9.79 Å². The Morgan fingerprint density at radius 3 is 2.69 bits per heavy atom. The average molecular weight is 379 g/mol. The van der Waals surface area contributed by atoms with E-state index in [1.54, 1.807) is 11.8 Å². The van der Waals surface area contributed by atoms with Crippen molar-refractivity contribution in [3.05, 3.63) is 29.8 Å². The van der Waals surface area contributed by atoms with Gasteiger partial charge in [0.05, 0.1) is 6.54 Å². The molecule has 0 aliphatic heterocycles. The van der Waals surface area contributed by atoms with Gasteiger partial charge in [-0.2, -0.15) is 11.8 Å². The Morgan fingerprint density at radius 1 is 1.27 bits per heavy atom. The molecule has 1 aliphatic carbocycles. The molecule has 1 aliphatic rings. The van der Waals surface area contributed by atoms with Crippen LogP contribution in [0.1, 0.15) is 25.3 Å². The lowest BCUT2D eigenvalue weighted by Gasteiger charge is -2.11. The maximum atomic E-state index is 11.6. The number of aliphatic imine (C=N–C) groups is 1. The predicted octanol–water partition coefficient (Wildman–Crippen LogP) is 1.80. The standard InChI is InChI=1S/C19H30N4O2S/c1-3-20-19(22-12-13-26-2)21-11-10-15-4-8-17(9-5-15)25-14-18(24)23-16-6-7-16/h4-5,8-9,16H,3,6-7,10-14H2,1-2H3,(H,23,24)(H2,20,21,22). The average Bonchev–Trinajstić information content (AvgIpc) is 3.45. The van der Waals surface area contributed by atoms with Crippen LogP contribution >= 0.6 is 11.8 Å². The van der Waals surface area contributed by atoms with Crippen LogP contribution in [0.15, 0.2) is 29.3 Å². The summed E-state index contributed by atoms with van der Waals surface area (Å²) in [6, 6.07) is 8.27. The van der Waals surface area contributed by atoms with Crippen molar-refractivity contribution in [2.45, 2.75) is 32.2 Å². The summed E-state index contributed by atoms with van der Waals surface area (Å²) in [6.07, 6.45) is 5.16. The van der Waals surface area contributed by atoms with E-state index in [1.807, 2.05) is 24.3 Å². The maximum Gasteiger partial charge on any atom is 0.258 e. The van der Waals surface area contributed by atoms with E-state index in [9.17, 15) is 4.79 Å². The fourth-order valence-electron chi connectivity index (χ4n) is 2.31. The molecule has 0 radical (unpaired) electrons. The first kappa shape index (κ1) is 20.4. The van der Waals surface area contributed by atoms with Gasteiger partial charge in [-0.05, 0) is 50.1 Å². The van der Waals surface area contributed by atoms with Gasteiger partial charge in [0.2, 0.25) is 0 Å². The van der Waals surface area contributed by atoms with Gasteiger partial charge in [-0.25, -0.2) is 0 Å². The lowest BCUT2D eigenvalue weighted by atomic mass is 10.1. The monoisotopic (exact) mass is 378 g/mol.